The quantitative estimate of drug-likeness (QED) is 0.574. The topological polar surface area (TPSA) is 107 Å². The number of rotatable bonds is 6. The highest BCUT2D eigenvalue weighted by Gasteiger charge is 2.23. The normalized spacial score (nSPS) is 22.4. The maximum Gasteiger partial charge on any atom is 0.227 e. The highest BCUT2D eigenvalue weighted by Crippen LogP contribution is 2.33. The number of fused-ring (bicyclic) bond motifs is 1. The fourth-order valence-corrected chi connectivity index (χ4v) is 4.69. The zero-order valence-corrected chi connectivity index (χ0v) is 17.3. The van der Waals surface area contributed by atoms with Crippen molar-refractivity contribution in [1.82, 2.24) is 24.5 Å². The second kappa shape index (κ2) is 8.55. The smallest absolute Gasteiger partial charge is 0.227 e. The molecule has 158 valence electrons. The molecule has 2 saturated carbocycles. The number of pyridine rings is 1. The summed E-state index contributed by atoms with van der Waals surface area (Å²) in [6.07, 6.45) is 14.7. The Bertz CT molecular complexity index is 971. The molecule has 0 unspecified atom stereocenters. The van der Waals surface area contributed by atoms with E-state index < -0.39 is 0 Å². The first kappa shape index (κ1) is 19.2. The minimum absolute atomic E-state index is 0.327. The number of imidazole rings is 1. The lowest BCUT2D eigenvalue weighted by Gasteiger charge is -2.27. The standard InChI is InChI=1S/C22H30N8/c23-16-5-7-17(8-6-16)27-22-28-20(25-13-15-9-11-24-12-10-15)19-21(29-22)30(14-26-19)18-3-1-2-4-18/h9-12,14,16-18H,1-8,13,23H2,(H2,25,27,28,29). The van der Waals surface area contributed by atoms with Crippen LogP contribution in [0.3, 0.4) is 0 Å². The number of aromatic nitrogens is 5. The van der Waals surface area contributed by atoms with Crippen LogP contribution >= 0.6 is 0 Å². The highest BCUT2D eigenvalue weighted by molar-refractivity contribution is 5.84. The van der Waals surface area contributed by atoms with Gasteiger partial charge in [-0.2, -0.15) is 9.97 Å². The second-order valence-electron chi connectivity index (χ2n) is 8.62. The van der Waals surface area contributed by atoms with Gasteiger partial charge in [-0.25, -0.2) is 4.98 Å². The summed E-state index contributed by atoms with van der Waals surface area (Å²) in [4.78, 5) is 18.5. The Labute approximate surface area is 176 Å². The lowest BCUT2D eigenvalue weighted by molar-refractivity contribution is 0.410. The first-order chi connectivity index (χ1) is 14.8. The Morgan fingerprint density at radius 3 is 2.53 bits per heavy atom. The van der Waals surface area contributed by atoms with Crippen molar-refractivity contribution < 1.29 is 0 Å². The van der Waals surface area contributed by atoms with Crippen LogP contribution in [0.25, 0.3) is 11.2 Å². The van der Waals surface area contributed by atoms with Crippen molar-refractivity contribution >= 4 is 22.9 Å². The van der Waals surface area contributed by atoms with E-state index in [2.05, 4.69) is 20.2 Å². The minimum Gasteiger partial charge on any atom is -0.364 e. The molecule has 2 aliphatic carbocycles. The maximum absolute atomic E-state index is 6.07. The van der Waals surface area contributed by atoms with Crippen LogP contribution in [0, 0.1) is 0 Å². The number of anilines is 2. The van der Waals surface area contributed by atoms with Gasteiger partial charge in [0.15, 0.2) is 17.0 Å². The molecule has 2 fully saturated rings. The molecular weight excluding hydrogens is 376 g/mol. The third kappa shape index (κ3) is 4.09. The van der Waals surface area contributed by atoms with Crippen LogP contribution < -0.4 is 16.4 Å². The largest absolute Gasteiger partial charge is 0.364 e. The molecule has 3 heterocycles. The molecule has 8 nitrogen and oxygen atoms in total. The van der Waals surface area contributed by atoms with Gasteiger partial charge < -0.3 is 20.9 Å². The van der Waals surface area contributed by atoms with Gasteiger partial charge in [0.2, 0.25) is 5.95 Å². The molecule has 5 rings (SSSR count). The summed E-state index contributed by atoms with van der Waals surface area (Å²) < 4.78 is 2.25. The van der Waals surface area contributed by atoms with Crippen molar-refractivity contribution in [2.75, 3.05) is 10.6 Å². The molecule has 0 amide bonds. The summed E-state index contributed by atoms with van der Waals surface area (Å²) in [6.45, 7) is 0.669. The van der Waals surface area contributed by atoms with Gasteiger partial charge >= 0.3 is 0 Å². The lowest BCUT2D eigenvalue weighted by atomic mass is 9.92. The van der Waals surface area contributed by atoms with Gasteiger partial charge in [-0.05, 0) is 56.2 Å². The van der Waals surface area contributed by atoms with Crippen LogP contribution in [0.15, 0.2) is 30.9 Å². The number of hydrogen-bond acceptors (Lipinski definition) is 7. The molecule has 0 atom stereocenters. The van der Waals surface area contributed by atoms with E-state index in [4.69, 9.17) is 20.7 Å². The molecule has 0 spiro atoms. The fourth-order valence-electron chi connectivity index (χ4n) is 4.69. The molecule has 0 aliphatic heterocycles. The Balaban J connectivity index is 1.45. The summed E-state index contributed by atoms with van der Waals surface area (Å²) in [6, 6.07) is 5.20. The minimum atomic E-state index is 0.327. The van der Waals surface area contributed by atoms with Crippen LogP contribution in [-0.2, 0) is 6.54 Å². The summed E-state index contributed by atoms with van der Waals surface area (Å²) in [5.74, 6) is 1.46. The molecule has 3 aromatic rings. The predicted molar refractivity (Wildman–Crippen MR) is 118 cm³/mol. The number of nitrogens with one attached hydrogen (secondary N) is 2. The molecule has 0 aromatic carbocycles. The van der Waals surface area contributed by atoms with E-state index in [-0.39, 0.29) is 0 Å². The Hall–Kier alpha value is -2.74. The molecule has 30 heavy (non-hydrogen) atoms. The van der Waals surface area contributed by atoms with Gasteiger partial charge in [-0.15, -0.1) is 0 Å². The SMILES string of the molecule is NC1CCC(Nc2nc(NCc3ccncc3)c3ncn(C4CCCC4)c3n2)CC1. The van der Waals surface area contributed by atoms with Crippen molar-refractivity contribution in [2.24, 2.45) is 5.73 Å². The third-order valence-electron chi connectivity index (χ3n) is 6.45. The first-order valence-corrected chi connectivity index (χ1v) is 11.2. The zero-order chi connectivity index (χ0) is 20.3. The molecule has 2 aliphatic rings. The van der Waals surface area contributed by atoms with Crippen LogP contribution in [0.5, 0.6) is 0 Å². The number of nitrogens with zero attached hydrogens (tertiary/aromatic N) is 5. The molecule has 0 bridgehead atoms. The monoisotopic (exact) mass is 406 g/mol. The average Bonchev–Trinajstić information content (AvgIpc) is 3.44. The Morgan fingerprint density at radius 2 is 1.77 bits per heavy atom. The lowest BCUT2D eigenvalue weighted by Crippen LogP contribution is -2.33. The predicted octanol–water partition coefficient (Wildman–Crippen LogP) is 3.63. The summed E-state index contributed by atoms with van der Waals surface area (Å²) in [7, 11) is 0. The molecule has 0 radical (unpaired) electrons. The molecule has 8 heteroatoms. The van der Waals surface area contributed by atoms with Crippen molar-refractivity contribution in [1.29, 1.82) is 0 Å². The van der Waals surface area contributed by atoms with Crippen LogP contribution in [0.4, 0.5) is 11.8 Å². The van der Waals surface area contributed by atoms with E-state index in [0.29, 0.717) is 30.6 Å². The molecule has 4 N–H and O–H groups in total. The van der Waals surface area contributed by atoms with Gasteiger partial charge in [0.25, 0.3) is 0 Å². The number of hydrogen-bond donors (Lipinski definition) is 3. The fraction of sp³-hybridized carbons (Fsp3) is 0.545. The molecule has 0 saturated heterocycles. The van der Waals surface area contributed by atoms with Crippen molar-refractivity contribution in [3.8, 4) is 0 Å². The van der Waals surface area contributed by atoms with Gasteiger partial charge in [0, 0.05) is 37.1 Å². The van der Waals surface area contributed by atoms with Crippen molar-refractivity contribution in [2.45, 2.75) is 76.0 Å². The zero-order valence-electron chi connectivity index (χ0n) is 17.3. The van der Waals surface area contributed by atoms with E-state index in [1.807, 2.05) is 30.9 Å². The molecule has 3 aromatic heterocycles. The van der Waals surface area contributed by atoms with Crippen LogP contribution in [0.1, 0.15) is 63.0 Å². The average molecular weight is 407 g/mol. The summed E-state index contributed by atoms with van der Waals surface area (Å²) in [5.41, 5.74) is 8.99. The van der Waals surface area contributed by atoms with Gasteiger partial charge in [0.05, 0.1) is 6.33 Å². The maximum atomic E-state index is 6.07. The van der Waals surface area contributed by atoms with Crippen molar-refractivity contribution in [3.63, 3.8) is 0 Å². The van der Waals surface area contributed by atoms with E-state index in [1.165, 1.54) is 25.7 Å². The van der Waals surface area contributed by atoms with Gasteiger partial charge in [-0.1, -0.05) is 12.8 Å². The van der Waals surface area contributed by atoms with E-state index in [0.717, 1.165) is 48.2 Å². The van der Waals surface area contributed by atoms with E-state index in [1.54, 1.807) is 0 Å². The van der Waals surface area contributed by atoms with E-state index in [9.17, 15) is 0 Å². The summed E-state index contributed by atoms with van der Waals surface area (Å²) >= 11 is 0. The Kier molecular flexibility index (Phi) is 5.48. The Morgan fingerprint density at radius 1 is 1.00 bits per heavy atom. The van der Waals surface area contributed by atoms with Crippen LogP contribution in [0.2, 0.25) is 0 Å². The highest BCUT2D eigenvalue weighted by atomic mass is 15.2. The molecular formula is C22H30N8. The van der Waals surface area contributed by atoms with Gasteiger partial charge in [0.1, 0.15) is 0 Å². The first-order valence-electron chi connectivity index (χ1n) is 11.2. The summed E-state index contributed by atoms with van der Waals surface area (Å²) in [5, 5.41) is 7.05. The van der Waals surface area contributed by atoms with Gasteiger partial charge in [-0.3, -0.25) is 4.98 Å². The number of nitrogens with two attached hydrogens (primary N) is 1. The van der Waals surface area contributed by atoms with Crippen molar-refractivity contribution in [3.05, 3.63) is 36.4 Å². The van der Waals surface area contributed by atoms with Crippen LogP contribution in [-0.4, -0.2) is 36.6 Å². The van der Waals surface area contributed by atoms with E-state index >= 15 is 0 Å². The second-order valence-corrected chi connectivity index (χ2v) is 8.62. The third-order valence-corrected chi connectivity index (χ3v) is 6.45.